The van der Waals surface area contributed by atoms with Crippen molar-refractivity contribution in [1.82, 2.24) is 5.32 Å². The number of carbonyl (C=O) groups is 2. The van der Waals surface area contributed by atoms with Gasteiger partial charge in [-0.15, -0.1) is 11.8 Å². The standard InChI is InChI=1S/C21H21FN2O2S/c1-2-20(25)24-9-7-13-11-14(3-5-18(13)24)21(26)23-17-8-10-27-19-6-4-15(22)12-16(17)19/h3-6,11-12,17H,2,7-10H2,1H3,(H,23,26). The van der Waals surface area contributed by atoms with Crippen LogP contribution in [0.15, 0.2) is 41.3 Å². The minimum absolute atomic E-state index is 0.101. The average Bonchev–Trinajstić information content (AvgIpc) is 3.11. The zero-order chi connectivity index (χ0) is 19.0. The van der Waals surface area contributed by atoms with Crippen molar-refractivity contribution in [1.29, 1.82) is 0 Å². The predicted octanol–water partition coefficient (Wildman–Crippen LogP) is 4.09. The van der Waals surface area contributed by atoms with Crippen molar-refractivity contribution in [3.63, 3.8) is 0 Å². The molecule has 1 unspecified atom stereocenters. The molecule has 2 heterocycles. The molecule has 0 saturated carbocycles. The summed E-state index contributed by atoms with van der Waals surface area (Å²) in [6.07, 6.45) is 2.00. The van der Waals surface area contributed by atoms with Gasteiger partial charge in [0.2, 0.25) is 5.91 Å². The van der Waals surface area contributed by atoms with Gasteiger partial charge in [-0.25, -0.2) is 4.39 Å². The second-order valence-corrected chi connectivity index (χ2v) is 7.97. The van der Waals surface area contributed by atoms with Gasteiger partial charge in [0.15, 0.2) is 0 Å². The van der Waals surface area contributed by atoms with Crippen LogP contribution in [0.1, 0.15) is 47.3 Å². The lowest BCUT2D eigenvalue weighted by Gasteiger charge is -2.26. The second kappa shape index (κ2) is 7.35. The number of anilines is 1. The minimum atomic E-state index is -0.284. The molecule has 0 aliphatic carbocycles. The summed E-state index contributed by atoms with van der Waals surface area (Å²) in [6.45, 7) is 2.52. The molecular formula is C21H21FN2O2S. The fraction of sp³-hybridized carbons (Fsp3) is 0.333. The molecule has 140 valence electrons. The summed E-state index contributed by atoms with van der Waals surface area (Å²) in [4.78, 5) is 27.6. The van der Waals surface area contributed by atoms with Crippen molar-refractivity contribution in [2.24, 2.45) is 0 Å². The van der Waals surface area contributed by atoms with Gasteiger partial charge in [-0.1, -0.05) is 6.92 Å². The van der Waals surface area contributed by atoms with E-state index in [2.05, 4.69) is 5.32 Å². The van der Waals surface area contributed by atoms with E-state index in [1.54, 1.807) is 28.8 Å². The predicted molar refractivity (Wildman–Crippen MR) is 105 cm³/mol. The van der Waals surface area contributed by atoms with Crippen molar-refractivity contribution in [3.05, 3.63) is 58.9 Å². The van der Waals surface area contributed by atoms with E-state index in [4.69, 9.17) is 0 Å². The summed E-state index contributed by atoms with van der Waals surface area (Å²) in [6, 6.07) is 10.1. The molecular weight excluding hydrogens is 363 g/mol. The first-order chi connectivity index (χ1) is 13.1. The molecule has 27 heavy (non-hydrogen) atoms. The summed E-state index contributed by atoms with van der Waals surface area (Å²) >= 11 is 1.69. The highest BCUT2D eigenvalue weighted by Gasteiger charge is 2.26. The lowest BCUT2D eigenvalue weighted by molar-refractivity contribution is -0.118. The van der Waals surface area contributed by atoms with Gasteiger partial charge in [0.05, 0.1) is 6.04 Å². The van der Waals surface area contributed by atoms with Gasteiger partial charge < -0.3 is 10.2 Å². The van der Waals surface area contributed by atoms with Crippen LogP contribution in [0.2, 0.25) is 0 Å². The topological polar surface area (TPSA) is 49.4 Å². The summed E-state index contributed by atoms with van der Waals surface area (Å²) in [5.74, 6) is 0.546. The Morgan fingerprint density at radius 3 is 2.93 bits per heavy atom. The molecule has 6 heteroatoms. The van der Waals surface area contributed by atoms with Gasteiger partial charge >= 0.3 is 0 Å². The summed E-state index contributed by atoms with van der Waals surface area (Å²) in [7, 11) is 0. The molecule has 2 aliphatic heterocycles. The van der Waals surface area contributed by atoms with Crippen molar-refractivity contribution in [2.45, 2.75) is 37.1 Å². The number of fused-ring (bicyclic) bond motifs is 2. The molecule has 1 atom stereocenters. The van der Waals surface area contributed by atoms with E-state index in [-0.39, 0.29) is 23.7 Å². The zero-order valence-electron chi connectivity index (χ0n) is 15.1. The molecule has 0 fully saturated rings. The maximum atomic E-state index is 13.7. The van der Waals surface area contributed by atoms with E-state index in [0.717, 1.165) is 40.3 Å². The van der Waals surface area contributed by atoms with Crippen molar-refractivity contribution in [2.75, 3.05) is 17.2 Å². The SMILES string of the molecule is CCC(=O)N1CCc2cc(C(=O)NC3CCSc4ccc(F)cc43)ccc21. The lowest BCUT2D eigenvalue weighted by atomic mass is 10.0. The summed E-state index contributed by atoms with van der Waals surface area (Å²) in [5, 5.41) is 3.06. The number of nitrogens with zero attached hydrogens (tertiary/aromatic N) is 1. The van der Waals surface area contributed by atoms with Crippen LogP contribution in [0.4, 0.5) is 10.1 Å². The van der Waals surface area contributed by atoms with E-state index < -0.39 is 0 Å². The number of nitrogens with one attached hydrogen (secondary N) is 1. The molecule has 0 spiro atoms. The van der Waals surface area contributed by atoms with Gasteiger partial charge in [-0.3, -0.25) is 9.59 Å². The van der Waals surface area contributed by atoms with Gasteiger partial charge in [0.1, 0.15) is 5.82 Å². The van der Waals surface area contributed by atoms with E-state index in [0.29, 0.717) is 18.5 Å². The number of rotatable bonds is 3. The maximum Gasteiger partial charge on any atom is 0.251 e. The highest BCUT2D eigenvalue weighted by molar-refractivity contribution is 7.99. The van der Waals surface area contributed by atoms with Crippen molar-refractivity contribution >= 4 is 29.3 Å². The zero-order valence-corrected chi connectivity index (χ0v) is 15.9. The Kier molecular flexibility index (Phi) is 4.91. The Balaban J connectivity index is 1.54. The Bertz CT molecular complexity index is 915. The quantitative estimate of drug-likeness (QED) is 0.867. The molecule has 2 amide bonds. The van der Waals surface area contributed by atoms with Crippen LogP contribution in [0.25, 0.3) is 0 Å². The Hall–Kier alpha value is -2.34. The molecule has 0 bridgehead atoms. The van der Waals surface area contributed by atoms with E-state index in [9.17, 15) is 14.0 Å². The fourth-order valence-electron chi connectivity index (χ4n) is 3.75. The number of halogens is 1. The average molecular weight is 384 g/mol. The second-order valence-electron chi connectivity index (χ2n) is 6.84. The third kappa shape index (κ3) is 3.46. The van der Waals surface area contributed by atoms with Crippen LogP contribution in [-0.4, -0.2) is 24.1 Å². The van der Waals surface area contributed by atoms with Crippen LogP contribution in [0.5, 0.6) is 0 Å². The number of hydrogen-bond donors (Lipinski definition) is 1. The highest BCUT2D eigenvalue weighted by Crippen LogP contribution is 2.37. The molecule has 1 N–H and O–H groups in total. The lowest BCUT2D eigenvalue weighted by Crippen LogP contribution is -2.31. The van der Waals surface area contributed by atoms with Gasteiger partial charge in [0, 0.05) is 34.9 Å². The van der Waals surface area contributed by atoms with Gasteiger partial charge in [0.25, 0.3) is 5.91 Å². The molecule has 0 aromatic heterocycles. The number of hydrogen-bond acceptors (Lipinski definition) is 3. The van der Waals surface area contributed by atoms with Crippen LogP contribution in [0.3, 0.4) is 0 Å². The first-order valence-electron chi connectivity index (χ1n) is 9.23. The Morgan fingerprint density at radius 1 is 1.26 bits per heavy atom. The van der Waals surface area contributed by atoms with Crippen LogP contribution >= 0.6 is 11.8 Å². The number of benzene rings is 2. The third-order valence-electron chi connectivity index (χ3n) is 5.16. The van der Waals surface area contributed by atoms with Crippen LogP contribution in [0, 0.1) is 5.82 Å². The summed E-state index contributed by atoms with van der Waals surface area (Å²) in [5.41, 5.74) is 3.35. The first kappa shape index (κ1) is 18.0. The molecule has 4 nitrogen and oxygen atoms in total. The number of carbonyl (C=O) groups excluding carboxylic acids is 2. The normalized spacial score (nSPS) is 18.0. The smallest absolute Gasteiger partial charge is 0.251 e. The Labute approximate surface area is 162 Å². The molecule has 4 rings (SSSR count). The van der Waals surface area contributed by atoms with E-state index in [1.165, 1.54) is 12.1 Å². The maximum absolute atomic E-state index is 13.7. The number of amides is 2. The largest absolute Gasteiger partial charge is 0.345 e. The van der Waals surface area contributed by atoms with E-state index in [1.807, 2.05) is 19.1 Å². The molecule has 0 saturated heterocycles. The molecule has 2 aromatic rings. The van der Waals surface area contributed by atoms with Gasteiger partial charge in [-0.2, -0.15) is 0 Å². The third-order valence-corrected chi connectivity index (χ3v) is 6.28. The fourth-order valence-corrected chi connectivity index (χ4v) is 4.86. The molecule has 2 aromatic carbocycles. The van der Waals surface area contributed by atoms with Gasteiger partial charge in [-0.05, 0) is 60.4 Å². The monoisotopic (exact) mass is 384 g/mol. The van der Waals surface area contributed by atoms with Crippen LogP contribution < -0.4 is 10.2 Å². The van der Waals surface area contributed by atoms with Crippen molar-refractivity contribution < 1.29 is 14.0 Å². The molecule has 0 radical (unpaired) electrons. The highest BCUT2D eigenvalue weighted by atomic mass is 32.2. The Morgan fingerprint density at radius 2 is 2.11 bits per heavy atom. The first-order valence-corrected chi connectivity index (χ1v) is 10.2. The van der Waals surface area contributed by atoms with Crippen molar-refractivity contribution in [3.8, 4) is 0 Å². The summed E-state index contributed by atoms with van der Waals surface area (Å²) < 4.78 is 13.7. The number of thioether (sulfide) groups is 1. The van der Waals surface area contributed by atoms with E-state index >= 15 is 0 Å². The minimum Gasteiger partial charge on any atom is -0.345 e. The van der Waals surface area contributed by atoms with Crippen LogP contribution in [-0.2, 0) is 11.2 Å². The molecule has 2 aliphatic rings.